The molecule has 1 aliphatic carbocycles. The van der Waals surface area contributed by atoms with E-state index in [0.717, 1.165) is 18.9 Å². The van der Waals surface area contributed by atoms with Gasteiger partial charge in [-0.1, -0.05) is 17.3 Å². The highest BCUT2D eigenvalue weighted by atomic mass is 16.5. The minimum atomic E-state index is -0.170. The van der Waals surface area contributed by atoms with E-state index in [1.54, 1.807) is 17.9 Å². The zero-order chi connectivity index (χ0) is 20.4. The minimum absolute atomic E-state index is 0.170. The first-order chi connectivity index (χ1) is 14.6. The molecule has 4 heterocycles. The summed E-state index contributed by atoms with van der Waals surface area (Å²) < 4.78 is 8.61. The first-order valence-corrected chi connectivity index (χ1v) is 10.1. The molecule has 1 aromatic carbocycles. The van der Waals surface area contributed by atoms with Crippen molar-refractivity contribution in [1.82, 2.24) is 29.2 Å². The number of benzene rings is 1. The molecular formula is C21H21N7O2. The number of rotatable bonds is 4. The Bertz CT molecular complexity index is 1310. The number of fused-ring (bicyclic) bond motifs is 2. The summed E-state index contributed by atoms with van der Waals surface area (Å²) >= 11 is 0. The molecule has 0 bridgehead atoms. The quantitative estimate of drug-likeness (QED) is 0.512. The average Bonchev–Trinajstić information content (AvgIpc) is 3.16. The summed E-state index contributed by atoms with van der Waals surface area (Å²) in [5.41, 5.74) is 3.30. The topological polar surface area (TPSA) is 94.9 Å². The summed E-state index contributed by atoms with van der Waals surface area (Å²) in [7, 11) is 1.78. The zero-order valence-electron chi connectivity index (χ0n) is 16.8. The lowest BCUT2D eigenvalue weighted by molar-refractivity contribution is 0.363. The molecule has 1 saturated heterocycles. The summed E-state index contributed by atoms with van der Waals surface area (Å²) in [6, 6.07) is 8.63. The third-order valence-corrected chi connectivity index (χ3v) is 6.35. The van der Waals surface area contributed by atoms with Gasteiger partial charge in [-0.25, -0.2) is 9.97 Å². The zero-order valence-corrected chi connectivity index (χ0v) is 16.8. The summed E-state index contributed by atoms with van der Waals surface area (Å²) in [6.45, 7) is 4.36. The summed E-state index contributed by atoms with van der Waals surface area (Å²) in [6.07, 6.45) is 3.06. The molecule has 4 aromatic rings. The number of aryl methyl sites for hydroxylation is 2. The largest absolute Gasteiger partial charge is 0.371 e. The Morgan fingerprint density at radius 2 is 1.97 bits per heavy atom. The second-order valence-electron chi connectivity index (χ2n) is 8.35. The van der Waals surface area contributed by atoms with Crippen LogP contribution < -0.4 is 10.5 Å². The molecule has 0 spiro atoms. The van der Waals surface area contributed by atoms with Crippen LogP contribution in [0, 0.1) is 18.8 Å². The highest BCUT2D eigenvalue weighted by Gasteiger charge is 2.58. The monoisotopic (exact) mass is 403 g/mol. The SMILES string of the molecule is Cc1cccc(N2CC3C(C2)C3c2noc(Cn3cnc4ncn(C)c4c3=O)n2)c1. The lowest BCUT2D eigenvalue weighted by atomic mass is 10.2. The van der Waals surface area contributed by atoms with Gasteiger partial charge in [-0.3, -0.25) is 9.36 Å². The molecule has 30 heavy (non-hydrogen) atoms. The predicted molar refractivity (Wildman–Crippen MR) is 109 cm³/mol. The van der Waals surface area contributed by atoms with E-state index in [2.05, 4.69) is 56.2 Å². The van der Waals surface area contributed by atoms with Gasteiger partial charge < -0.3 is 14.0 Å². The van der Waals surface area contributed by atoms with Crippen LogP contribution in [-0.4, -0.2) is 42.3 Å². The number of imidazole rings is 1. The summed E-state index contributed by atoms with van der Waals surface area (Å²) in [4.78, 5) is 28.1. The van der Waals surface area contributed by atoms with Crippen molar-refractivity contribution in [1.29, 1.82) is 0 Å². The van der Waals surface area contributed by atoms with Crippen LogP contribution in [0.15, 0.2) is 46.2 Å². The van der Waals surface area contributed by atoms with Crippen molar-refractivity contribution in [2.45, 2.75) is 19.4 Å². The third kappa shape index (κ3) is 2.65. The van der Waals surface area contributed by atoms with Crippen molar-refractivity contribution in [2.24, 2.45) is 18.9 Å². The van der Waals surface area contributed by atoms with Gasteiger partial charge in [0.1, 0.15) is 12.9 Å². The number of aromatic nitrogens is 6. The predicted octanol–water partition coefficient (Wildman–Crippen LogP) is 1.72. The van der Waals surface area contributed by atoms with Crippen molar-refractivity contribution in [2.75, 3.05) is 18.0 Å². The van der Waals surface area contributed by atoms with E-state index in [-0.39, 0.29) is 12.1 Å². The maximum absolute atomic E-state index is 12.7. The first-order valence-electron chi connectivity index (χ1n) is 10.1. The van der Waals surface area contributed by atoms with Gasteiger partial charge in [0.2, 0.25) is 5.89 Å². The van der Waals surface area contributed by atoms with Crippen LogP contribution in [0.3, 0.4) is 0 Å². The molecular weight excluding hydrogens is 382 g/mol. The van der Waals surface area contributed by atoms with Crippen LogP contribution in [0.2, 0.25) is 0 Å². The lowest BCUT2D eigenvalue weighted by Crippen LogP contribution is -2.24. The second kappa shape index (κ2) is 6.25. The Kier molecular flexibility index (Phi) is 3.62. The van der Waals surface area contributed by atoms with Gasteiger partial charge in [0.05, 0.1) is 6.33 Å². The van der Waals surface area contributed by atoms with E-state index >= 15 is 0 Å². The number of anilines is 1. The molecule has 2 aliphatic rings. The molecule has 1 aliphatic heterocycles. The van der Waals surface area contributed by atoms with Crippen molar-refractivity contribution < 1.29 is 4.52 Å². The maximum Gasteiger partial charge on any atom is 0.280 e. The summed E-state index contributed by atoms with van der Waals surface area (Å²) in [5, 5.41) is 4.21. The molecule has 9 nitrogen and oxygen atoms in total. The smallest absolute Gasteiger partial charge is 0.280 e. The Morgan fingerprint density at radius 1 is 1.17 bits per heavy atom. The molecule has 6 rings (SSSR count). The van der Waals surface area contributed by atoms with Crippen molar-refractivity contribution in [3.63, 3.8) is 0 Å². The fourth-order valence-electron chi connectivity index (χ4n) is 4.74. The normalized spacial score (nSPS) is 22.6. The van der Waals surface area contributed by atoms with E-state index in [1.807, 2.05) is 0 Å². The highest BCUT2D eigenvalue weighted by Crippen LogP contribution is 2.57. The van der Waals surface area contributed by atoms with Gasteiger partial charge in [-0.15, -0.1) is 0 Å². The number of hydrogen-bond acceptors (Lipinski definition) is 7. The number of piperidine rings is 1. The first kappa shape index (κ1) is 17.4. The van der Waals surface area contributed by atoms with Gasteiger partial charge in [-0.05, 0) is 36.5 Å². The molecule has 9 heteroatoms. The highest BCUT2D eigenvalue weighted by molar-refractivity contribution is 5.68. The molecule has 2 fully saturated rings. The average molecular weight is 403 g/mol. The number of nitrogens with zero attached hydrogens (tertiary/aromatic N) is 7. The Labute approximate surface area is 172 Å². The van der Waals surface area contributed by atoms with Gasteiger partial charge in [0, 0.05) is 31.7 Å². The third-order valence-electron chi connectivity index (χ3n) is 6.35. The molecule has 152 valence electrons. The van der Waals surface area contributed by atoms with Crippen LogP contribution in [0.4, 0.5) is 5.69 Å². The standard InChI is InChI=1S/C21H21N7O2/c1-12-4-3-5-13(6-12)27-7-14-15(8-27)17(14)19-24-16(30-25-19)9-28-11-23-20-18(21(28)29)26(2)10-22-20/h3-6,10-11,14-15,17H,7-9H2,1-2H3. The van der Waals surface area contributed by atoms with E-state index < -0.39 is 0 Å². The Morgan fingerprint density at radius 3 is 2.77 bits per heavy atom. The van der Waals surface area contributed by atoms with Crippen LogP contribution in [0.25, 0.3) is 11.2 Å². The van der Waals surface area contributed by atoms with Crippen LogP contribution in [-0.2, 0) is 13.6 Å². The fourth-order valence-corrected chi connectivity index (χ4v) is 4.74. The molecule has 1 saturated carbocycles. The summed E-state index contributed by atoms with van der Waals surface area (Å²) in [5.74, 6) is 2.65. The van der Waals surface area contributed by atoms with Gasteiger partial charge in [0.25, 0.3) is 5.56 Å². The van der Waals surface area contributed by atoms with Gasteiger partial charge in [-0.2, -0.15) is 4.98 Å². The molecule has 0 N–H and O–H groups in total. The molecule has 0 amide bonds. The maximum atomic E-state index is 12.7. The second-order valence-corrected chi connectivity index (χ2v) is 8.35. The van der Waals surface area contributed by atoms with Crippen LogP contribution in [0.5, 0.6) is 0 Å². The van der Waals surface area contributed by atoms with Crippen LogP contribution in [0.1, 0.15) is 23.2 Å². The van der Waals surface area contributed by atoms with E-state index in [4.69, 9.17) is 4.52 Å². The van der Waals surface area contributed by atoms with E-state index in [0.29, 0.717) is 34.8 Å². The lowest BCUT2D eigenvalue weighted by Gasteiger charge is -2.21. The van der Waals surface area contributed by atoms with Crippen molar-refractivity contribution >= 4 is 16.9 Å². The molecule has 3 aromatic heterocycles. The molecule has 2 atom stereocenters. The Hall–Kier alpha value is -3.49. The fraction of sp³-hybridized carbons (Fsp3) is 0.381. The van der Waals surface area contributed by atoms with Gasteiger partial charge in [0.15, 0.2) is 17.0 Å². The van der Waals surface area contributed by atoms with E-state index in [1.165, 1.54) is 22.1 Å². The van der Waals surface area contributed by atoms with E-state index in [9.17, 15) is 4.79 Å². The van der Waals surface area contributed by atoms with Crippen molar-refractivity contribution in [3.05, 3.63) is 64.6 Å². The minimum Gasteiger partial charge on any atom is -0.371 e. The molecule has 2 unspecified atom stereocenters. The Balaban J connectivity index is 1.17. The molecule has 0 radical (unpaired) electrons. The van der Waals surface area contributed by atoms with Crippen molar-refractivity contribution in [3.8, 4) is 0 Å². The van der Waals surface area contributed by atoms with Gasteiger partial charge >= 0.3 is 0 Å². The van der Waals surface area contributed by atoms with Crippen LogP contribution >= 0.6 is 0 Å². The number of hydrogen-bond donors (Lipinski definition) is 0.